The van der Waals surface area contributed by atoms with Crippen LogP contribution in [-0.2, 0) is 65.4 Å². The van der Waals surface area contributed by atoms with E-state index in [1.165, 1.54) is 161 Å². The minimum absolute atomic E-state index is 0.0988. The van der Waals surface area contributed by atoms with Gasteiger partial charge in [-0.3, -0.25) is 37.3 Å². The first kappa shape index (κ1) is 86.1. The molecule has 0 saturated carbocycles. The van der Waals surface area contributed by atoms with E-state index < -0.39 is 97.5 Å². The molecule has 522 valence electrons. The molecule has 0 aliphatic carbocycles. The third-order valence-corrected chi connectivity index (χ3v) is 17.9. The Morgan fingerprint density at radius 2 is 0.523 bits per heavy atom. The molecule has 0 amide bonds. The second-order valence-electron chi connectivity index (χ2n) is 25.9. The lowest BCUT2D eigenvalue weighted by molar-refractivity contribution is -0.161. The summed E-state index contributed by atoms with van der Waals surface area (Å²) < 4.78 is 67.7. The molecule has 0 aromatic carbocycles. The van der Waals surface area contributed by atoms with Gasteiger partial charge in [-0.1, -0.05) is 298 Å². The summed E-state index contributed by atoms with van der Waals surface area (Å²) in [6.07, 6.45) is 46.8. The average Bonchev–Trinajstić information content (AvgIpc) is 3.57. The van der Waals surface area contributed by atoms with Gasteiger partial charge in [0, 0.05) is 25.7 Å². The first-order valence-electron chi connectivity index (χ1n) is 36.0. The molecule has 0 aliphatic rings. The van der Waals surface area contributed by atoms with Crippen molar-refractivity contribution in [2.75, 3.05) is 39.6 Å². The van der Waals surface area contributed by atoms with E-state index in [2.05, 4.69) is 41.5 Å². The molecule has 0 bridgehead atoms. The van der Waals surface area contributed by atoms with Crippen molar-refractivity contribution in [2.24, 2.45) is 11.8 Å². The van der Waals surface area contributed by atoms with Crippen LogP contribution in [-0.4, -0.2) is 96.7 Å². The molecular weight excluding hydrogens is 1160 g/mol. The number of esters is 4. The molecule has 0 heterocycles. The summed E-state index contributed by atoms with van der Waals surface area (Å²) in [6.45, 7) is 9.41. The van der Waals surface area contributed by atoms with E-state index in [0.29, 0.717) is 25.7 Å². The van der Waals surface area contributed by atoms with Gasteiger partial charge in [0.2, 0.25) is 0 Å². The Balaban J connectivity index is 5.04. The van der Waals surface area contributed by atoms with E-state index in [1.54, 1.807) is 0 Å². The van der Waals surface area contributed by atoms with Gasteiger partial charge in [0.15, 0.2) is 12.2 Å². The summed E-state index contributed by atoms with van der Waals surface area (Å²) in [4.78, 5) is 71.9. The number of carbonyl (C=O) groups excluding carboxylic acids is 4. The smallest absolute Gasteiger partial charge is 0.462 e. The zero-order chi connectivity index (χ0) is 65.0. The number of rotatable bonds is 68. The van der Waals surface area contributed by atoms with Crippen molar-refractivity contribution in [3.8, 4) is 0 Å². The van der Waals surface area contributed by atoms with Gasteiger partial charge in [-0.15, -0.1) is 0 Å². The lowest BCUT2D eigenvalue weighted by Crippen LogP contribution is -2.30. The van der Waals surface area contributed by atoms with Crippen molar-refractivity contribution >= 4 is 39.5 Å². The quantitative estimate of drug-likeness (QED) is 0.0222. The summed E-state index contributed by atoms with van der Waals surface area (Å²) in [7, 11) is -9.87. The van der Waals surface area contributed by atoms with E-state index in [-0.39, 0.29) is 25.7 Å². The van der Waals surface area contributed by atoms with Crippen molar-refractivity contribution in [3.63, 3.8) is 0 Å². The van der Waals surface area contributed by atoms with Crippen LogP contribution in [0.1, 0.15) is 350 Å². The highest BCUT2D eigenvalue weighted by Crippen LogP contribution is 2.45. The van der Waals surface area contributed by atoms with Crippen LogP contribution in [0.15, 0.2) is 0 Å². The van der Waals surface area contributed by atoms with E-state index in [4.69, 9.17) is 37.0 Å². The van der Waals surface area contributed by atoms with E-state index in [1.807, 2.05) is 0 Å². The Hall–Kier alpha value is -1.94. The van der Waals surface area contributed by atoms with Gasteiger partial charge in [0.25, 0.3) is 0 Å². The van der Waals surface area contributed by atoms with E-state index in [9.17, 15) is 43.2 Å². The van der Waals surface area contributed by atoms with Crippen molar-refractivity contribution in [3.05, 3.63) is 0 Å². The van der Waals surface area contributed by atoms with Crippen LogP contribution in [0.2, 0.25) is 0 Å². The fraction of sp³-hybridized carbons (Fsp3) is 0.942. The van der Waals surface area contributed by atoms with Crippen LogP contribution >= 0.6 is 15.6 Å². The molecule has 0 spiro atoms. The number of unbranched alkanes of at least 4 members (excludes halogenated alkanes) is 38. The Labute approximate surface area is 537 Å². The number of aliphatic hydroxyl groups excluding tert-OH is 1. The zero-order valence-corrected chi connectivity index (χ0v) is 58.8. The number of hydrogen-bond donors (Lipinski definition) is 3. The van der Waals surface area contributed by atoms with Gasteiger partial charge in [-0.05, 0) is 37.5 Å². The first-order chi connectivity index (χ1) is 42.4. The predicted molar refractivity (Wildman–Crippen MR) is 354 cm³/mol. The molecular formula is C69H134O17P2. The molecule has 0 saturated heterocycles. The molecule has 0 radical (unpaired) electrons. The highest BCUT2D eigenvalue weighted by molar-refractivity contribution is 7.47. The van der Waals surface area contributed by atoms with Crippen LogP contribution in [0.25, 0.3) is 0 Å². The van der Waals surface area contributed by atoms with Crippen molar-refractivity contribution < 1.29 is 80.2 Å². The largest absolute Gasteiger partial charge is 0.472 e. The van der Waals surface area contributed by atoms with Crippen LogP contribution in [0.5, 0.6) is 0 Å². The molecule has 17 nitrogen and oxygen atoms in total. The molecule has 2 unspecified atom stereocenters. The summed E-state index contributed by atoms with van der Waals surface area (Å²) >= 11 is 0. The predicted octanol–water partition coefficient (Wildman–Crippen LogP) is 19.6. The van der Waals surface area contributed by atoms with Crippen LogP contribution < -0.4 is 0 Å². The topological polar surface area (TPSA) is 237 Å². The SMILES string of the molecule is CCCCCCCC(=O)OC[C@H](COP(=O)(O)OC[C@H](O)COP(=O)(O)OC[C@@H](COC(=O)CCCCCCCCCCCCCCCCC(C)C)OC(=O)CCCCCCCCCCCCCCCCCCCCC(C)C)OC(=O)CCCCCCC. The summed E-state index contributed by atoms with van der Waals surface area (Å²) in [5, 5.41) is 10.5. The normalized spacial score (nSPS) is 14.2. The Morgan fingerprint density at radius 3 is 0.773 bits per heavy atom. The summed E-state index contributed by atoms with van der Waals surface area (Å²) in [5.41, 5.74) is 0. The molecule has 5 atom stereocenters. The minimum Gasteiger partial charge on any atom is -0.462 e. The van der Waals surface area contributed by atoms with Crippen LogP contribution in [0.3, 0.4) is 0 Å². The molecule has 88 heavy (non-hydrogen) atoms. The van der Waals surface area contributed by atoms with E-state index >= 15 is 0 Å². The molecule has 0 aliphatic heterocycles. The average molecular weight is 1300 g/mol. The Morgan fingerprint density at radius 1 is 0.307 bits per heavy atom. The van der Waals surface area contributed by atoms with Gasteiger partial charge in [0.05, 0.1) is 26.4 Å². The Kier molecular flexibility index (Phi) is 59.9. The molecule has 0 fully saturated rings. The second-order valence-corrected chi connectivity index (χ2v) is 28.8. The van der Waals surface area contributed by atoms with Gasteiger partial charge in [-0.25, -0.2) is 9.13 Å². The monoisotopic (exact) mass is 1300 g/mol. The van der Waals surface area contributed by atoms with Crippen LogP contribution in [0, 0.1) is 11.8 Å². The van der Waals surface area contributed by atoms with Gasteiger partial charge in [0.1, 0.15) is 19.3 Å². The molecule has 0 aromatic heterocycles. The lowest BCUT2D eigenvalue weighted by atomic mass is 10.0. The van der Waals surface area contributed by atoms with Gasteiger partial charge >= 0.3 is 39.5 Å². The number of hydrogen-bond acceptors (Lipinski definition) is 15. The molecule has 19 heteroatoms. The van der Waals surface area contributed by atoms with Crippen molar-refractivity contribution in [1.29, 1.82) is 0 Å². The number of phosphoric ester groups is 2. The molecule has 0 aromatic rings. The number of aliphatic hydroxyl groups is 1. The minimum atomic E-state index is -4.95. The molecule has 3 N–H and O–H groups in total. The first-order valence-corrected chi connectivity index (χ1v) is 39.0. The number of ether oxygens (including phenoxy) is 4. The maximum Gasteiger partial charge on any atom is 0.472 e. The zero-order valence-electron chi connectivity index (χ0n) is 57.0. The third kappa shape index (κ3) is 62.8. The third-order valence-electron chi connectivity index (χ3n) is 16.0. The second kappa shape index (κ2) is 61.3. The van der Waals surface area contributed by atoms with Crippen LogP contribution in [0.4, 0.5) is 0 Å². The van der Waals surface area contributed by atoms with Crippen molar-refractivity contribution in [2.45, 2.75) is 368 Å². The number of carbonyl (C=O) groups is 4. The van der Waals surface area contributed by atoms with Gasteiger partial charge < -0.3 is 33.8 Å². The fourth-order valence-electron chi connectivity index (χ4n) is 10.4. The summed E-state index contributed by atoms with van der Waals surface area (Å²) in [6, 6.07) is 0. The highest BCUT2D eigenvalue weighted by atomic mass is 31.2. The van der Waals surface area contributed by atoms with Gasteiger partial charge in [-0.2, -0.15) is 0 Å². The fourth-order valence-corrected chi connectivity index (χ4v) is 12.0. The number of phosphoric acid groups is 2. The summed E-state index contributed by atoms with van der Waals surface area (Å²) in [5.74, 6) is -0.530. The maximum absolute atomic E-state index is 13.0. The standard InChI is InChI=1S/C69H134O17P2/c1-7-9-11-37-45-51-66(71)79-57-64(85-68(73)53-47-38-12-10-8-2)59-83-87(75,76)81-55-63(70)56-82-88(77,78)84-60-65(58-80-67(72)52-46-41-35-31-27-23-20-19-22-26-30-34-40-44-50-62(5)6)86-69(74)54-48-42-36-32-28-24-18-16-14-13-15-17-21-25-29-33-39-43-49-61(3)4/h61-65,70H,7-60H2,1-6H3,(H,75,76)(H,77,78)/t63-,64+,65+/m0/s1. The Bertz CT molecular complexity index is 1720. The van der Waals surface area contributed by atoms with E-state index in [0.717, 1.165) is 108 Å². The van der Waals surface area contributed by atoms with Crippen molar-refractivity contribution in [1.82, 2.24) is 0 Å². The highest BCUT2D eigenvalue weighted by Gasteiger charge is 2.30. The lowest BCUT2D eigenvalue weighted by Gasteiger charge is -2.21. The maximum atomic E-state index is 13.0. The molecule has 0 rings (SSSR count).